The van der Waals surface area contributed by atoms with Gasteiger partial charge in [0.05, 0.1) is 0 Å². The number of hydrogen-bond donors (Lipinski definition) is 1. The average Bonchev–Trinajstić information content (AvgIpc) is 2.78. The monoisotopic (exact) mass is 243 g/mol. The van der Waals surface area contributed by atoms with Crippen molar-refractivity contribution in [2.24, 2.45) is 0 Å². The molecule has 0 bridgehead atoms. The van der Waals surface area contributed by atoms with Gasteiger partial charge in [0.15, 0.2) is 0 Å². The summed E-state index contributed by atoms with van der Waals surface area (Å²) in [5.41, 5.74) is 3.87. The van der Waals surface area contributed by atoms with Crippen LogP contribution in [-0.4, -0.2) is 16.1 Å². The lowest BCUT2D eigenvalue weighted by Gasteiger charge is -2.11. The van der Waals surface area contributed by atoms with Gasteiger partial charge in [-0.1, -0.05) is 13.0 Å². The van der Waals surface area contributed by atoms with Crippen molar-refractivity contribution < 1.29 is 0 Å². The smallest absolute Gasteiger partial charge is 0.110 e. The van der Waals surface area contributed by atoms with Gasteiger partial charge in [-0.2, -0.15) is 0 Å². The Hall–Kier alpha value is -1.61. The largest absolute Gasteiger partial charge is 0.313 e. The number of nitrogens with one attached hydrogen (secondary N) is 1. The summed E-state index contributed by atoms with van der Waals surface area (Å²) in [7, 11) is 0. The van der Waals surface area contributed by atoms with Crippen LogP contribution < -0.4 is 5.32 Å². The highest BCUT2D eigenvalue weighted by molar-refractivity contribution is 5.40. The van der Waals surface area contributed by atoms with E-state index in [1.165, 1.54) is 23.2 Å². The van der Waals surface area contributed by atoms with Crippen LogP contribution in [0.2, 0.25) is 0 Å². The molecule has 0 aliphatic carbocycles. The maximum Gasteiger partial charge on any atom is 0.110 e. The van der Waals surface area contributed by atoms with Crippen molar-refractivity contribution in [3.8, 4) is 5.69 Å². The molecule has 0 unspecified atom stereocenters. The Morgan fingerprint density at radius 2 is 2.11 bits per heavy atom. The summed E-state index contributed by atoms with van der Waals surface area (Å²) in [6.07, 6.45) is 5.01. The first-order valence-electron chi connectivity index (χ1n) is 6.53. The van der Waals surface area contributed by atoms with Gasteiger partial charge in [0.25, 0.3) is 0 Å². The van der Waals surface area contributed by atoms with Crippen LogP contribution in [0.1, 0.15) is 30.3 Å². The molecule has 1 heterocycles. The fraction of sp³-hybridized carbons (Fsp3) is 0.400. The van der Waals surface area contributed by atoms with Gasteiger partial charge in [-0.3, -0.25) is 0 Å². The Balaban J connectivity index is 2.17. The molecule has 0 spiro atoms. The second-order valence-corrected chi connectivity index (χ2v) is 4.63. The van der Waals surface area contributed by atoms with Crippen LogP contribution in [0.25, 0.3) is 5.69 Å². The predicted octanol–water partition coefficient (Wildman–Crippen LogP) is 2.99. The first kappa shape index (κ1) is 12.8. The molecule has 3 heteroatoms. The normalized spacial score (nSPS) is 10.8. The van der Waals surface area contributed by atoms with E-state index >= 15 is 0 Å². The zero-order chi connectivity index (χ0) is 13.0. The van der Waals surface area contributed by atoms with Gasteiger partial charge in [-0.25, -0.2) is 4.98 Å². The zero-order valence-electron chi connectivity index (χ0n) is 11.4. The molecule has 3 nitrogen and oxygen atoms in total. The van der Waals surface area contributed by atoms with Crippen LogP contribution >= 0.6 is 0 Å². The van der Waals surface area contributed by atoms with Crippen molar-refractivity contribution in [3.63, 3.8) is 0 Å². The standard InChI is InChI=1S/C15H21N3/c1-4-7-16-11-14-5-6-15(10-12(14)2)18-9-8-17-13(18)3/h5-6,8-10,16H,4,7,11H2,1-3H3. The third-order valence-electron chi connectivity index (χ3n) is 3.17. The Morgan fingerprint density at radius 3 is 2.72 bits per heavy atom. The van der Waals surface area contributed by atoms with Crippen molar-refractivity contribution >= 4 is 0 Å². The van der Waals surface area contributed by atoms with Crippen LogP contribution in [0, 0.1) is 13.8 Å². The van der Waals surface area contributed by atoms with Crippen LogP contribution in [0.3, 0.4) is 0 Å². The lowest BCUT2D eigenvalue weighted by Crippen LogP contribution is -2.14. The SMILES string of the molecule is CCCNCc1ccc(-n2ccnc2C)cc1C. The highest BCUT2D eigenvalue weighted by atomic mass is 15.1. The molecule has 96 valence electrons. The van der Waals surface area contributed by atoms with Gasteiger partial charge in [0.1, 0.15) is 5.82 Å². The van der Waals surface area contributed by atoms with E-state index in [2.05, 4.69) is 46.9 Å². The molecule has 0 saturated carbocycles. The highest BCUT2D eigenvalue weighted by Crippen LogP contribution is 2.16. The van der Waals surface area contributed by atoms with E-state index in [1.54, 1.807) is 0 Å². The summed E-state index contributed by atoms with van der Waals surface area (Å²) in [4.78, 5) is 4.26. The minimum atomic E-state index is 0.947. The third kappa shape index (κ3) is 2.79. The molecule has 0 amide bonds. The molecule has 2 aromatic rings. The molecule has 0 radical (unpaired) electrons. The lowest BCUT2D eigenvalue weighted by atomic mass is 10.1. The van der Waals surface area contributed by atoms with E-state index in [0.717, 1.165) is 18.9 Å². The fourth-order valence-electron chi connectivity index (χ4n) is 2.08. The number of aromatic nitrogens is 2. The van der Waals surface area contributed by atoms with E-state index in [0.29, 0.717) is 0 Å². The third-order valence-corrected chi connectivity index (χ3v) is 3.17. The van der Waals surface area contributed by atoms with Crippen molar-refractivity contribution in [1.29, 1.82) is 0 Å². The topological polar surface area (TPSA) is 29.9 Å². The van der Waals surface area contributed by atoms with E-state index in [1.807, 2.05) is 19.3 Å². The van der Waals surface area contributed by atoms with Crippen molar-refractivity contribution in [2.75, 3.05) is 6.54 Å². The van der Waals surface area contributed by atoms with Gasteiger partial charge >= 0.3 is 0 Å². The second kappa shape index (κ2) is 5.83. The summed E-state index contributed by atoms with van der Waals surface area (Å²) in [6.45, 7) is 8.39. The number of hydrogen-bond acceptors (Lipinski definition) is 2. The van der Waals surface area contributed by atoms with Gasteiger partial charge in [-0.15, -0.1) is 0 Å². The molecule has 1 N–H and O–H groups in total. The summed E-state index contributed by atoms with van der Waals surface area (Å²) in [6, 6.07) is 6.58. The van der Waals surface area contributed by atoms with E-state index in [9.17, 15) is 0 Å². The van der Waals surface area contributed by atoms with E-state index in [-0.39, 0.29) is 0 Å². The number of nitrogens with zero attached hydrogens (tertiary/aromatic N) is 2. The van der Waals surface area contributed by atoms with Crippen LogP contribution in [0.4, 0.5) is 0 Å². The molecule has 0 aliphatic heterocycles. The van der Waals surface area contributed by atoms with E-state index in [4.69, 9.17) is 0 Å². The van der Waals surface area contributed by atoms with Crippen LogP contribution in [0.15, 0.2) is 30.6 Å². The molecule has 18 heavy (non-hydrogen) atoms. The van der Waals surface area contributed by atoms with E-state index < -0.39 is 0 Å². The fourth-order valence-corrected chi connectivity index (χ4v) is 2.08. The van der Waals surface area contributed by atoms with Crippen molar-refractivity contribution in [3.05, 3.63) is 47.5 Å². The summed E-state index contributed by atoms with van der Waals surface area (Å²) < 4.78 is 2.11. The number of rotatable bonds is 5. The molecule has 1 aromatic carbocycles. The van der Waals surface area contributed by atoms with Crippen molar-refractivity contribution in [2.45, 2.75) is 33.7 Å². The Bertz CT molecular complexity index is 514. The van der Waals surface area contributed by atoms with Crippen LogP contribution in [0.5, 0.6) is 0 Å². The maximum absolute atomic E-state index is 4.26. The highest BCUT2D eigenvalue weighted by Gasteiger charge is 2.03. The first-order chi connectivity index (χ1) is 8.72. The quantitative estimate of drug-likeness (QED) is 0.818. The molecular formula is C15H21N3. The Labute approximate surface area is 109 Å². The first-order valence-corrected chi connectivity index (χ1v) is 6.53. The van der Waals surface area contributed by atoms with Gasteiger partial charge < -0.3 is 9.88 Å². The molecular weight excluding hydrogens is 222 g/mol. The number of aryl methyl sites for hydroxylation is 2. The molecule has 0 aliphatic rings. The molecule has 0 fully saturated rings. The Morgan fingerprint density at radius 1 is 1.28 bits per heavy atom. The molecule has 1 aromatic heterocycles. The maximum atomic E-state index is 4.26. The number of imidazole rings is 1. The summed E-state index contributed by atoms with van der Waals surface area (Å²) >= 11 is 0. The van der Waals surface area contributed by atoms with Gasteiger partial charge in [-0.05, 0) is 50.1 Å². The molecule has 0 atom stereocenters. The van der Waals surface area contributed by atoms with Crippen molar-refractivity contribution in [1.82, 2.24) is 14.9 Å². The lowest BCUT2D eigenvalue weighted by molar-refractivity contribution is 0.673. The summed E-state index contributed by atoms with van der Waals surface area (Å²) in [5, 5.41) is 3.44. The molecule has 0 saturated heterocycles. The number of benzene rings is 1. The van der Waals surface area contributed by atoms with Gasteiger partial charge in [0, 0.05) is 24.6 Å². The zero-order valence-corrected chi connectivity index (χ0v) is 11.4. The molecule has 2 rings (SSSR count). The summed E-state index contributed by atoms with van der Waals surface area (Å²) in [5.74, 6) is 1.02. The average molecular weight is 243 g/mol. The minimum absolute atomic E-state index is 0.947. The Kier molecular flexibility index (Phi) is 4.15. The van der Waals surface area contributed by atoms with Gasteiger partial charge in [0.2, 0.25) is 0 Å². The minimum Gasteiger partial charge on any atom is -0.313 e. The van der Waals surface area contributed by atoms with Crippen LogP contribution in [-0.2, 0) is 6.54 Å². The predicted molar refractivity (Wildman–Crippen MR) is 75.0 cm³/mol. The second-order valence-electron chi connectivity index (χ2n) is 4.63.